The third kappa shape index (κ3) is 1.75. The molecule has 1 rings (SSSR count). The van der Waals surface area contributed by atoms with Crippen molar-refractivity contribution in [3.05, 3.63) is 35.1 Å². The highest BCUT2D eigenvalue weighted by Crippen LogP contribution is 2.29. The molecule has 0 radical (unpaired) electrons. The van der Waals surface area contributed by atoms with Gasteiger partial charge in [0.15, 0.2) is 0 Å². The number of halogens is 4. The Labute approximate surface area is 66.8 Å². The largest absolute Gasteiger partial charge is 0.416 e. The second kappa shape index (κ2) is 2.77. The Morgan fingerprint density at radius 1 is 1.17 bits per heavy atom. The van der Waals surface area contributed by atoms with Gasteiger partial charge in [0, 0.05) is 0 Å². The molecule has 0 fully saturated rings. The number of rotatable bonds is 0. The Bertz CT molecular complexity index is 288. The zero-order valence-electron chi connectivity index (χ0n) is 6.24. The van der Waals surface area contributed by atoms with E-state index in [1.165, 1.54) is 6.92 Å². The molecule has 66 valence electrons. The summed E-state index contributed by atoms with van der Waals surface area (Å²) >= 11 is 0. The number of hydrogen-bond acceptors (Lipinski definition) is 0. The fourth-order valence-electron chi connectivity index (χ4n) is 0.769. The van der Waals surface area contributed by atoms with Crippen LogP contribution in [0.2, 0.25) is 0 Å². The first-order valence-corrected chi connectivity index (χ1v) is 3.24. The van der Waals surface area contributed by atoms with Crippen LogP contribution in [-0.2, 0) is 6.18 Å². The van der Waals surface area contributed by atoms with Gasteiger partial charge in [-0.25, -0.2) is 4.39 Å². The quantitative estimate of drug-likeness (QED) is 0.535. The Hall–Kier alpha value is -1.06. The number of benzene rings is 1. The predicted molar refractivity (Wildman–Crippen MR) is 36.1 cm³/mol. The van der Waals surface area contributed by atoms with Crippen LogP contribution in [0.5, 0.6) is 0 Å². The molecule has 0 bridgehead atoms. The van der Waals surface area contributed by atoms with E-state index in [1.807, 2.05) is 0 Å². The van der Waals surface area contributed by atoms with Crippen LogP contribution in [0.25, 0.3) is 0 Å². The van der Waals surface area contributed by atoms with Crippen LogP contribution in [0.3, 0.4) is 0 Å². The molecule has 0 aromatic heterocycles. The van der Waals surface area contributed by atoms with Crippen molar-refractivity contribution in [3.8, 4) is 0 Å². The molecular formula is C8H6F4. The summed E-state index contributed by atoms with van der Waals surface area (Å²) in [6, 6.07) is 2.46. The lowest BCUT2D eigenvalue weighted by Crippen LogP contribution is -2.05. The van der Waals surface area contributed by atoms with Crippen molar-refractivity contribution < 1.29 is 17.6 Å². The van der Waals surface area contributed by atoms with Crippen LogP contribution in [-0.4, -0.2) is 0 Å². The molecule has 1 aromatic rings. The lowest BCUT2D eigenvalue weighted by atomic mass is 10.1. The van der Waals surface area contributed by atoms with Crippen molar-refractivity contribution in [2.24, 2.45) is 0 Å². The minimum atomic E-state index is -4.46. The summed E-state index contributed by atoms with van der Waals surface area (Å²) in [5.74, 6) is -0.829. The minimum Gasteiger partial charge on any atom is -0.207 e. The fraction of sp³-hybridized carbons (Fsp3) is 0.250. The van der Waals surface area contributed by atoms with E-state index in [-0.39, 0.29) is 5.56 Å². The van der Waals surface area contributed by atoms with E-state index in [0.29, 0.717) is 6.07 Å². The van der Waals surface area contributed by atoms with Gasteiger partial charge in [-0.3, -0.25) is 0 Å². The van der Waals surface area contributed by atoms with Crippen LogP contribution in [0.4, 0.5) is 17.6 Å². The minimum absolute atomic E-state index is 0.211. The molecule has 0 heterocycles. The van der Waals surface area contributed by atoms with E-state index < -0.39 is 17.6 Å². The molecule has 0 saturated heterocycles. The molecule has 0 unspecified atom stereocenters. The van der Waals surface area contributed by atoms with Crippen molar-refractivity contribution in [3.63, 3.8) is 0 Å². The Morgan fingerprint density at radius 2 is 1.75 bits per heavy atom. The second-order valence-electron chi connectivity index (χ2n) is 2.46. The van der Waals surface area contributed by atoms with Crippen LogP contribution in [0.15, 0.2) is 18.2 Å². The molecule has 0 spiro atoms. The standard InChI is InChI=1S/C8H6F4/c1-5-2-3-6(4-7(5)9)8(10,11)12/h2-4H,1H3. The van der Waals surface area contributed by atoms with Gasteiger partial charge in [0.25, 0.3) is 0 Å². The highest BCUT2D eigenvalue weighted by Gasteiger charge is 2.30. The van der Waals surface area contributed by atoms with E-state index in [4.69, 9.17) is 0 Å². The fourth-order valence-corrected chi connectivity index (χ4v) is 0.769. The summed E-state index contributed by atoms with van der Waals surface area (Å²) in [6.07, 6.45) is -4.46. The van der Waals surface area contributed by atoms with Gasteiger partial charge in [-0.2, -0.15) is 13.2 Å². The summed E-state index contributed by atoms with van der Waals surface area (Å²) in [5, 5.41) is 0. The smallest absolute Gasteiger partial charge is 0.207 e. The van der Waals surface area contributed by atoms with Gasteiger partial charge in [0.05, 0.1) is 5.56 Å². The van der Waals surface area contributed by atoms with Crippen LogP contribution < -0.4 is 0 Å². The Balaban J connectivity index is 3.14. The highest BCUT2D eigenvalue weighted by atomic mass is 19.4. The first-order chi connectivity index (χ1) is 5.41. The summed E-state index contributed by atoms with van der Waals surface area (Å²) in [4.78, 5) is 0. The lowest BCUT2D eigenvalue weighted by molar-refractivity contribution is -0.137. The summed E-state index contributed by atoms with van der Waals surface area (Å²) in [5.41, 5.74) is -0.742. The van der Waals surface area contributed by atoms with Gasteiger partial charge in [-0.1, -0.05) is 6.07 Å². The average molecular weight is 178 g/mol. The second-order valence-corrected chi connectivity index (χ2v) is 2.46. The van der Waals surface area contributed by atoms with Crippen molar-refractivity contribution in [2.75, 3.05) is 0 Å². The molecule has 0 saturated carbocycles. The molecular weight excluding hydrogens is 172 g/mol. The summed E-state index contributed by atoms with van der Waals surface area (Å²) in [6.45, 7) is 1.41. The van der Waals surface area contributed by atoms with Gasteiger partial charge in [-0.05, 0) is 24.6 Å². The van der Waals surface area contributed by atoms with E-state index in [1.54, 1.807) is 0 Å². The molecule has 0 aliphatic rings. The van der Waals surface area contributed by atoms with Gasteiger partial charge in [0.1, 0.15) is 5.82 Å². The van der Waals surface area contributed by atoms with Crippen molar-refractivity contribution in [1.29, 1.82) is 0 Å². The summed E-state index contributed by atoms with van der Waals surface area (Å²) in [7, 11) is 0. The highest BCUT2D eigenvalue weighted by molar-refractivity contribution is 5.25. The molecule has 4 heteroatoms. The average Bonchev–Trinajstić information content (AvgIpc) is 1.92. The maximum absolute atomic E-state index is 12.6. The van der Waals surface area contributed by atoms with E-state index in [0.717, 1.165) is 12.1 Å². The molecule has 0 nitrogen and oxygen atoms in total. The third-order valence-corrected chi connectivity index (χ3v) is 1.50. The molecule has 0 amide bonds. The molecule has 0 atom stereocenters. The molecule has 0 aliphatic heterocycles. The van der Waals surface area contributed by atoms with Gasteiger partial charge >= 0.3 is 6.18 Å². The van der Waals surface area contributed by atoms with Crippen molar-refractivity contribution in [1.82, 2.24) is 0 Å². The first-order valence-electron chi connectivity index (χ1n) is 3.24. The Morgan fingerprint density at radius 3 is 2.17 bits per heavy atom. The monoisotopic (exact) mass is 178 g/mol. The van der Waals surface area contributed by atoms with Gasteiger partial charge in [-0.15, -0.1) is 0 Å². The lowest BCUT2D eigenvalue weighted by Gasteiger charge is -2.06. The number of aryl methyl sites for hydroxylation is 1. The number of alkyl halides is 3. The first kappa shape index (κ1) is 9.03. The zero-order chi connectivity index (χ0) is 9.35. The van der Waals surface area contributed by atoms with E-state index in [9.17, 15) is 17.6 Å². The maximum Gasteiger partial charge on any atom is 0.416 e. The van der Waals surface area contributed by atoms with Crippen molar-refractivity contribution >= 4 is 0 Å². The summed E-state index contributed by atoms with van der Waals surface area (Å²) < 4.78 is 48.4. The molecule has 1 aromatic carbocycles. The van der Waals surface area contributed by atoms with Crippen LogP contribution in [0.1, 0.15) is 11.1 Å². The molecule has 0 N–H and O–H groups in total. The Kier molecular flexibility index (Phi) is 2.08. The number of hydrogen-bond donors (Lipinski definition) is 0. The normalized spacial score (nSPS) is 11.8. The van der Waals surface area contributed by atoms with E-state index in [2.05, 4.69) is 0 Å². The molecule has 0 aliphatic carbocycles. The maximum atomic E-state index is 12.6. The predicted octanol–water partition coefficient (Wildman–Crippen LogP) is 3.15. The van der Waals surface area contributed by atoms with Crippen LogP contribution in [0, 0.1) is 12.7 Å². The van der Waals surface area contributed by atoms with Gasteiger partial charge in [0.2, 0.25) is 0 Å². The van der Waals surface area contributed by atoms with Crippen molar-refractivity contribution in [2.45, 2.75) is 13.1 Å². The van der Waals surface area contributed by atoms with Crippen LogP contribution >= 0.6 is 0 Å². The topological polar surface area (TPSA) is 0 Å². The van der Waals surface area contributed by atoms with Gasteiger partial charge < -0.3 is 0 Å². The third-order valence-electron chi connectivity index (χ3n) is 1.50. The zero-order valence-corrected chi connectivity index (χ0v) is 6.24. The van der Waals surface area contributed by atoms with E-state index >= 15 is 0 Å². The molecule has 12 heavy (non-hydrogen) atoms. The SMILES string of the molecule is Cc1ccc(C(F)(F)F)cc1F.